The Morgan fingerprint density at radius 2 is 2.04 bits per heavy atom. The molecule has 8 nitrogen and oxygen atoms in total. The summed E-state index contributed by atoms with van der Waals surface area (Å²) in [5.74, 6) is -0.309. The van der Waals surface area contributed by atoms with Crippen molar-refractivity contribution in [2.75, 3.05) is 0 Å². The second-order valence-electron chi connectivity index (χ2n) is 6.12. The normalized spacial score (nSPS) is 12.9. The SMILES string of the molecule is Cc1nn(C)c2ncc(C(=O)NC(C)c3cccc(S(N)(=O)=O)c3)cc12. The fourth-order valence-corrected chi connectivity index (χ4v) is 3.32. The highest BCUT2D eigenvalue weighted by Crippen LogP contribution is 2.19. The van der Waals surface area contributed by atoms with Crippen LogP contribution < -0.4 is 10.5 Å². The topological polar surface area (TPSA) is 120 Å². The van der Waals surface area contributed by atoms with Crippen molar-refractivity contribution in [3.8, 4) is 0 Å². The summed E-state index contributed by atoms with van der Waals surface area (Å²) >= 11 is 0. The molecular formula is C17H19N5O3S. The molecule has 2 aromatic heterocycles. The molecule has 1 aromatic carbocycles. The summed E-state index contributed by atoms with van der Waals surface area (Å²) in [5, 5.41) is 13.1. The predicted molar refractivity (Wildman–Crippen MR) is 96.9 cm³/mol. The second-order valence-corrected chi connectivity index (χ2v) is 7.68. The van der Waals surface area contributed by atoms with Gasteiger partial charge in [0.25, 0.3) is 5.91 Å². The predicted octanol–water partition coefficient (Wildman–Crippen LogP) is 1.42. The number of hydrogen-bond acceptors (Lipinski definition) is 5. The van der Waals surface area contributed by atoms with Crippen LogP contribution in [0.4, 0.5) is 0 Å². The highest BCUT2D eigenvalue weighted by atomic mass is 32.2. The molecule has 1 atom stereocenters. The number of primary sulfonamides is 1. The maximum absolute atomic E-state index is 12.6. The van der Waals surface area contributed by atoms with Crippen molar-refractivity contribution in [1.29, 1.82) is 0 Å². The Balaban J connectivity index is 1.85. The molecule has 26 heavy (non-hydrogen) atoms. The molecule has 3 N–H and O–H groups in total. The van der Waals surface area contributed by atoms with Gasteiger partial charge in [-0.3, -0.25) is 9.48 Å². The third kappa shape index (κ3) is 3.44. The summed E-state index contributed by atoms with van der Waals surface area (Å²) < 4.78 is 24.6. The van der Waals surface area contributed by atoms with E-state index in [1.165, 1.54) is 18.3 Å². The highest BCUT2D eigenvalue weighted by molar-refractivity contribution is 7.89. The van der Waals surface area contributed by atoms with Gasteiger partial charge in [-0.05, 0) is 37.6 Å². The number of sulfonamides is 1. The summed E-state index contributed by atoms with van der Waals surface area (Å²) in [6, 6.07) is 7.52. The van der Waals surface area contributed by atoms with Crippen LogP contribution in [0.1, 0.15) is 34.6 Å². The van der Waals surface area contributed by atoms with Crippen LogP contribution >= 0.6 is 0 Å². The number of nitrogens with two attached hydrogens (primary N) is 1. The van der Waals surface area contributed by atoms with Crippen molar-refractivity contribution in [2.24, 2.45) is 12.2 Å². The van der Waals surface area contributed by atoms with E-state index >= 15 is 0 Å². The minimum absolute atomic E-state index is 0.00479. The van der Waals surface area contributed by atoms with Gasteiger partial charge in [0.1, 0.15) is 0 Å². The molecule has 0 spiro atoms. The zero-order valence-electron chi connectivity index (χ0n) is 14.6. The smallest absolute Gasteiger partial charge is 0.253 e. The zero-order valence-corrected chi connectivity index (χ0v) is 15.4. The molecule has 1 amide bonds. The van der Waals surface area contributed by atoms with Crippen LogP contribution in [0.15, 0.2) is 41.4 Å². The van der Waals surface area contributed by atoms with Gasteiger partial charge in [0.05, 0.1) is 22.2 Å². The number of carbonyl (C=O) groups is 1. The minimum atomic E-state index is -3.80. The van der Waals surface area contributed by atoms with Gasteiger partial charge in [0, 0.05) is 18.6 Å². The second kappa shape index (κ2) is 6.50. The molecule has 0 aliphatic heterocycles. The fraction of sp³-hybridized carbons (Fsp3) is 0.235. The van der Waals surface area contributed by atoms with Crippen LogP contribution in [0.5, 0.6) is 0 Å². The van der Waals surface area contributed by atoms with Gasteiger partial charge >= 0.3 is 0 Å². The number of fused-ring (bicyclic) bond motifs is 1. The first kappa shape index (κ1) is 18.0. The number of rotatable bonds is 4. The van der Waals surface area contributed by atoms with Crippen molar-refractivity contribution in [3.05, 3.63) is 53.3 Å². The first-order valence-electron chi connectivity index (χ1n) is 7.90. The Bertz CT molecular complexity index is 1100. The molecule has 0 saturated carbocycles. The summed E-state index contributed by atoms with van der Waals surface area (Å²) in [6.07, 6.45) is 1.49. The van der Waals surface area contributed by atoms with E-state index in [1.54, 1.807) is 36.9 Å². The molecular weight excluding hydrogens is 354 g/mol. The molecule has 2 heterocycles. The molecule has 1 unspecified atom stereocenters. The number of pyridine rings is 1. The van der Waals surface area contributed by atoms with Crippen LogP contribution in [-0.2, 0) is 17.1 Å². The third-order valence-corrected chi connectivity index (χ3v) is 5.07. The van der Waals surface area contributed by atoms with Crippen molar-refractivity contribution < 1.29 is 13.2 Å². The lowest BCUT2D eigenvalue weighted by Crippen LogP contribution is -2.27. The Morgan fingerprint density at radius 3 is 2.73 bits per heavy atom. The zero-order chi connectivity index (χ0) is 19.1. The molecule has 0 bridgehead atoms. The number of hydrogen-bond donors (Lipinski definition) is 2. The highest BCUT2D eigenvalue weighted by Gasteiger charge is 2.16. The fourth-order valence-electron chi connectivity index (χ4n) is 2.76. The molecule has 136 valence electrons. The summed E-state index contributed by atoms with van der Waals surface area (Å²) in [4.78, 5) is 16.8. The monoisotopic (exact) mass is 373 g/mol. The molecule has 0 aliphatic carbocycles. The van der Waals surface area contributed by atoms with E-state index in [2.05, 4.69) is 15.4 Å². The summed E-state index contributed by atoms with van der Waals surface area (Å²) in [5.41, 5.74) is 2.53. The molecule has 0 fully saturated rings. The number of nitrogens with zero attached hydrogens (tertiary/aromatic N) is 3. The molecule has 3 rings (SSSR count). The lowest BCUT2D eigenvalue weighted by atomic mass is 10.1. The first-order chi connectivity index (χ1) is 12.2. The van der Waals surface area contributed by atoms with Crippen molar-refractivity contribution in [1.82, 2.24) is 20.1 Å². The van der Waals surface area contributed by atoms with Crippen LogP contribution in [0.25, 0.3) is 11.0 Å². The quantitative estimate of drug-likeness (QED) is 0.716. The van der Waals surface area contributed by atoms with Gasteiger partial charge in [-0.1, -0.05) is 12.1 Å². The number of carbonyl (C=O) groups excluding carboxylic acids is 1. The van der Waals surface area contributed by atoms with E-state index in [9.17, 15) is 13.2 Å². The van der Waals surface area contributed by atoms with Gasteiger partial charge in [0.2, 0.25) is 10.0 Å². The van der Waals surface area contributed by atoms with Crippen LogP contribution in [0.2, 0.25) is 0 Å². The van der Waals surface area contributed by atoms with Gasteiger partial charge in [-0.15, -0.1) is 0 Å². The number of benzene rings is 1. The Morgan fingerprint density at radius 1 is 1.31 bits per heavy atom. The molecule has 0 saturated heterocycles. The van der Waals surface area contributed by atoms with E-state index in [0.717, 1.165) is 11.1 Å². The standard InChI is InChI=1S/C17H19N5O3S/c1-10(12-5-4-6-14(7-12)26(18,24)25)20-17(23)13-8-15-11(2)21-22(3)16(15)19-9-13/h4-10H,1-3H3,(H,20,23)(H2,18,24,25). The van der Waals surface area contributed by atoms with E-state index in [1.807, 2.05) is 6.92 Å². The number of aryl methyl sites for hydroxylation is 2. The van der Waals surface area contributed by atoms with E-state index in [4.69, 9.17) is 5.14 Å². The van der Waals surface area contributed by atoms with Crippen molar-refractivity contribution >= 4 is 27.0 Å². The Kier molecular flexibility index (Phi) is 4.51. The molecule has 3 aromatic rings. The van der Waals surface area contributed by atoms with Gasteiger partial charge in [0.15, 0.2) is 5.65 Å². The van der Waals surface area contributed by atoms with Gasteiger partial charge < -0.3 is 5.32 Å². The van der Waals surface area contributed by atoms with Crippen LogP contribution in [0.3, 0.4) is 0 Å². The molecule has 0 radical (unpaired) electrons. The lowest BCUT2D eigenvalue weighted by Gasteiger charge is -2.15. The van der Waals surface area contributed by atoms with Crippen LogP contribution in [-0.4, -0.2) is 29.1 Å². The van der Waals surface area contributed by atoms with Crippen molar-refractivity contribution in [2.45, 2.75) is 24.8 Å². The molecule has 0 aliphatic rings. The average Bonchev–Trinajstić information content (AvgIpc) is 2.88. The van der Waals surface area contributed by atoms with Gasteiger partial charge in [-0.2, -0.15) is 5.10 Å². The lowest BCUT2D eigenvalue weighted by molar-refractivity contribution is 0.0939. The third-order valence-electron chi connectivity index (χ3n) is 4.16. The Hall–Kier alpha value is -2.78. The van der Waals surface area contributed by atoms with Gasteiger partial charge in [-0.25, -0.2) is 18.5 Å². The maximum atomic E-state index is 12.6. The summed E-state index contributed by atoms with van der Waals surface area (Å²) in [7, 11) is -2.00. The Labute approximate surface area is 151 Å². The average molecular weight is 373 g/mol. The number of nitrogens with one attached hydrogen (secondary N) is 1. The number of amides is 1. The van der Waals surface area contributed by atoms with E-state index < -0.39 is 16.1 Å². The van der Waals surface area contributed by atoms with E-state index in [0.29, 0.717) is 16.8 Å². The maximum Gasteiger partial charge on any atom is 0.253 e. The first-order valence-corrected chi connectivity index (χ1v) is 9.44. The minimum Gasteiger partial charge on any atom is -0.345 e. The number of aromatic nitrogens is 3. The molecule has 9 heteroatoms. The van der Waals surface area contributed by atoms with Crippen molar-refractivity contribution in [3.63, 3.8) is 0 Å². The largest absolute Gasteiger partial charge is 0.345 e. The van der Waals surface area contributed by atoms with E-state index in [-0.39, 0.29) is 10.8 Å². The summed E-state index contributed by atoms with van der Waals surface area (Å²) in [6.45, 7) is 3.62. The van der Waals surface area contributed by atoms with Crippen LogP contribution in [0, 0.1) is 6.92 Å².